The standard InChI is InChI=1S/C28H32FN7O3/c1-7-27(37)31-20-16-21(25(39-6)17-23(20)35(4)13-12-34(2)3)32-28-30-10-8-26(33-28)36-11-9-19-22(36)14-18(29)15-24(19)38-5/h7-11,14-17H,1,12-13H2,2-6H3,(H,31,37)(H,30,32,33). The van der Waals surface area contributed by atoms with E-state index in [0.29, 0.717) is 34.2 Å². The molecule has 2 aromatic heterocycles. The van der Waals surface area contributed by atoms with Crippen LogP contribution in [0.4, 0.5) is 27.4 Å². The Hall–Kier alpha value is -4.64. The van der Waals surface area contributed by atoms with Gasteiger partial charge in [-0.15, -0.1) is 0 Å². The molecule has 0 saturated heterocycles. The molecule has 0 aliphatic carbocycles. The van der Waals surface area contributed by atoms with Gasteiger partial charge >= 0.3 is 0 Å². The number of rotatable bonds is 11. The van der Waals surface area contributed by atoms with Crippen LogP contribution in [0, 0.1) is 5.82 Å². The molecule has 2 N–H and O–H groups in total. The van der Waals surface area contributed by atoms with E-state index in [1.807, 2.05) is 38.2 Å². The number of hydrogen-bond acceptors (Lipinski definition) is 8. The molecule has 10 nitrogen and oxygen atoms in total. The second-order valence-electron chi connectivity index (χ2n) is 9.08. The highest BCUT2D eigenvalue weighted by atomic mass is 19.1. The Morgan fingerprint density at radius 2 is 1.85 bits per heavy atom. The largest absolute Gasteiger partial charge is 0.496 e. The van der Waals surface area contributed by atoms with Crippen molar-refractivity contribution in [1.82, 2.24) is 19.4 Å². The van der Waals surface area contributed by atoms with E-state index in [4.69, 9.17) is 9.47 Å². The van der Waals surface area contributed by atoms with Crippen molar-refractivity contribution in [3.05, 3.63) is 67.3 Å². The molecule has 0 aliphatic rings. The fraction of sp³-hybridized carbons (Fsp3) is 0.250. The van der Waals surface area contributed by atoms with Gasteiger partial charge in [0.05, 0.1) is 36.8 Å². The lowest BCUT2D eigenvalue weighted by atomic mass is 10.2. The second-order valence-corrected chi connectivity index (χ2v) is 9.08. The Labute approximate surface area is 226 Å². The van der Waals surface area contributed by atoms with Crippen LogP contribution >= 0.6 is 0 Å². The van der Waals surface area contributed by atoms with Crippen LogP contribution in [0.25, 0.3) is 16.7 Å². The second kappa shape index (κ2) is 11.8. The van der Waals surface area contributed by atoms with Crippen LogP contribution in [-0.2, 0) is 4.79 Å². The summed E-state index contributed by atoms with van der Waals surface area (Å²) >= 11 is 0. The van der Waals surface area contributed by atoms with Gasteiger partial charge in [0.2, 0.25) is 11.9 Å². The van der Waals surface area contributed by atoms with Crippen molar-refractivity contribution in [3.8, 4) is 17.3 Å². The van der Waals surface area contributed by atoms with Gasteiger partial charge in [-0.2, -0.15) is 4.98 Å². The molecule has 0 radical (unpaired) electrons. The summed E-state index contributed by atoms with van der Waals surface area (Å²) in [5, 5.41) is 6.82. The van der Waals surface area contributed by atoms with Gasteiger partial charge in [-0.3, -0.25) is 4.79 Å². The van der Waals surface area contributed by atoms with Gasteiger partial charge in [-0.25, -0.2) is 9.37 Å². The van der Waals surface area contributed by atoms with Crippen molar-refractivity contribution in [2.45, 2.75) is 0 Å². The Kier molecular flexibility index (Phi) is 8.30. The van der Waals surface area contributed by atoms with Crippen molar-refractivity contribution < 1.29 is 18.7 Å². The van der Waals surface area contributed by atoms with E-state index in [1.54, 1.807) is 36.2 Å². The molecule has 0 atom stereocenters. The minimum absolute atomic E-state index is 0.283. The lowest BCUT2D eigenvalue weighted by Gasteiger charge is -2.26. The first-order chi connectivity index (χ1) is 18.7. The number of nitrogens with one attached hydrogen (secondary N) is 2. The Morgan fingerprint density at radius 3 is 2.54 bits per heavy atom. The predicted molar refractivity (Wildman–Crippen MR) is 152 cm³/mol. The summed E-state index contributed by atoms with van der Waals surface area (Å²) in [4.78, 5) is 25.3. The number of likely N-dealkylation sites (N-methyl/N-ethyl adjacent to an activating group) is 2. The highest BCUT2D eigenvalue weighted by Gasteiger charge is 2.17. The van der Waals surface area contributed by atoms with Crippen molar-refractivity contribution in [3.63, 3.8) is 0 Å². The van der Waals surface area contributed by atoms with E-state index in [2.05, 4.69) is 32.1 Å². The van der Waals surface area contributed by atoms with Crippen molar-refractivity contribution >= 4 is 39.8 Å². The van der Waals surface area contributed by atoms with Crippen molar-refractivity contribution in [2.75, 3.05) is 64.0 Å². The summed E-state index contributed by atoms with van der Waals surface area (Å²) < 4.78 is 27.0. The van der Waals surface area contributed by atoms with Crippen LogP contribution in [0.5, 0.6) is 11.5 Å². The minimum Gasteiger partial charge on any atom is -0.496 e. The highest BCUT2D eigenvalue weighted by Crippen LogP contribution is 2.38. The first-order valence-corrected chi connectivity index (χ1v) is 12.2. The number of methoxy groups -OCH3 is 2. The Bertz CT molecular complexity index is 1500. The number of fused-ring (bicyclic) bond motifs is 1. The number of anilines is 4. The van der Waals surface area contributed by atoms with E-state index in [0.717, 1.165) is 24.2 Å². The zero-order valence-corrected chi connectivity index (χ0v) is 22.7. The monoisotopic (exact) mass is 533 g/mol. The third kappa shape index (κ3) is 6.10. The Balaban J connectivity index is 1.71. The molecule has 11 heteroatoms. The number of aromatic nitrogens is 3. The molecule has 4 rings (SSSR count). The smallest absolute Gasteiger partial charge is 0.247 e. The summed E-state index contributed by atoms with van der Waals surface area (Å²) in [5.41, 5.74) is 2.50. The SMILES string of the molecule is C=CC(=O)Nc1cc(Nc2nccc(-n3ccc4c(OC)cc(F)cc43)n2)c(OC)cc1N(C)CCN(C)C. The fourth-order valence-corrected chi connectivity index (χ4v) is 4.11. The van der Waals surface area contributed by atoms with Crippen LogP contribution in [0.2, 0.25) is 0 Å². The number of ether oxygens (including phenoxy) is 2. The van der Waals surface area contributed by atoms with Crippen LogP contribution in [0.15, 0.2) is 61.4 Å². The molecule has 0 saturated carbocycles. The average molecular weight is 534 g/mol. The zero-order chi connectivity index (χ0) is 28.1. The van der Waals surface area contributed by atoms with Crippen molar-refractivity contribution in [1.29, 1.82) is 0 Å². The molecule has 1 amide bonds. The molecule has 0 bridgehead atoms. The van der Waals surface area contributed by atoms with Crippen LogP contribution in [-0.4, -0.2) is 73.8 Å². The maximum atomic E-state index is 14.2. The van der Waals surface area contributed by atoms with Gasteiger partial charge in [0, 0.05) is 50.0 Å². The summed E-state index contributed by atoms with van der Waals surface area (Å²) in [6.07, 6.45) is 4.61. The maximum absolute atomic E-state index is 14.2. The number of nitrogens with zero attached hydrogens (tertiary/aromatic N) is 5. The fourth-order valence-electron chi connectivity index (χ4n) is 4.11. The van der Waals surface area contributed by atoms with Crippen LogP contribution < -0.4 is 25.0 Å². The number of carbonyl (C=O) groups excluding carboxylic acids is 1. The summed E-state index contributed by atoms with van der Waals surface area (Å²) in [6, 6.07) is 9.94. The molecule has 2 heterocycles. The van der Waals surface area contributed by atoms with E-state index in [-0.39, 0.29) is 11.9 Å². The third-order valence-electron chi connectivity index (χ3n) is 6.14. The van der Waals surface area contributed by atoms with Gasteiger partial charge in [-0.1, -0.05) is 6.58 Å². The predicted octanol–water partition coefficient (Wildman–Crippen LogP) is 4.44. The molecular weight excluding hydrogens is 501 g/mol. The number of hydrogen-bond donors (Lipinski definition) is 2. The molecule has 2 aromatic carbocycles. The molecule has 0 fully saturated rings. The van der Waals surface area contributed by atoms with Gasteiger partial charge in [-0.05, 0) is 44.4 Å². The normalized spacial score (nSPS) is 10.9. The quantitative estimate of drug-likeness (QED) is 0.273. The Morgan fingerprint density at radius 1 is 1.08 bits per heavy atom. The third-order valence-corrected chi connectivity index (χ3v) is 6.14. The number of benzene rings is 2. The van der Waals surface area contributed by atoms with Crippen LogP contribution in [0.3, 0.4) is 0 Å². The van der Waals surface area contributed by atoms with E-state index in [1.165, 1.54) is 25.3 Å². The van der Waals surface area contributed by atoms with E-state index in [9.17, 15) is 9.18 Å². The zero-order valence-electron chi connectivity index (χ0n) is 22.7. The first-order valence-electron chi connectivity index (χ1n) is 12.2. The van der Waals surface area contributed by atoms with Crippen LogP contribution in [0.1, 0.15) is 0 Å². The number of halogens is 1. The van der Waals surface area contributed by atoms with Gasteiger partial charge in [0.15, 0.2) is 0 Å². The molecule has 0 unspecified atom stereocenters. The van der Waals surface area contributed by atoms with Crippen molar-refractivity contribution in [2.24, 2.45) is 0 Å². The van der Waals surface area contributed by atoms with Gasteiger partial charge in [0.25, 0.3) is 0 Å². The molecule has 0 spiro atoms. The number of carbonyl (C=O) groups is 1. The maximum Gasteiger partial charge on any atom is 0.247 e. The molecule has 4 aromatic rings. The van der Waals surface area contributed by atoms with E-state index >= 15 is 0 Å². The number of amides is 1. The first kappa shape index (κ1) is 27.4. The van der Waals surface area contributed by atoms with Gasteiger partial charge < -0.3 is 34.5 Å². The summed E-state index contributed by atoms with van der Waals surface area (Å²) in [5.74, 6) is 1.02. The molecule has 204 valence electrons. The molecule has 0 aliphatic heterocycles. The molecular formula is C28H32FN7O3. The lowest BCUT2D eigenvalue weighted by molar-refractivity contribution is -0.111. The topological polar surface area (TPSA) is 96.8 Å². The summed E-state index contributed by atoms with van der Waals surface area (Å²) in [6.45, 7) is 5.10. The highest BCUT2D eigenvalue weighted by molar-refractivity contribution is 6.02. The van der Waals surface area contributed by atoms with Gasteiger partial charge in [0.1, 0.15) is 23.1 Å². The summed E-state index contributed by atoms with van der Waals surface area (Å²) in [7, 11) is 9.01. The average Bonchev–Trinajstić information content (AvgIpc) is 3.35. The minimum atomic E-state index is -0.416. The lowest BCUT2D eigenvalue weighted by Crippen LogP contribution is -2.29. The van der Waals surface area contributed by atoms with E-state index < -0.39 is 5.82 Å². The molecule has 39 heavy (non-hydrogen) atoms.